The number of rotatable bonds is 6. The van der Waals surface area contributed by atoms with E-state index in [1.807, 2.05) is 0 Å². The van der Waals surface area contributed by atoms with Gasteiger partial charge in [0, 0.05) is 6.54 Å². The highest BCUT2D eigenvalue weighted by Gasteiger charge is 2.29. The van der Waals surface area contributed by atoms with Crippen molar-refractivity contribution in [2.24, 2.45) is 5.92 Å². The number of aryl methyl sites for hydroxylation is 1. The summed E-state index contributed by atoms with van der Waals surface area (Å²) in [5.41, 5.74) is 1.20. The zero-order valence-corrected chi connectivity index (χ0v) is 12.2. The van der Waals surface area contributed by atoms with E-state index < -0.39 is 0 Å². The molecule has 0 saturated heterocycles. The van der Waals surface area contributed by atoms with E-state index in [0.717, 1.165) is 30.5 Å². The Morgan fingerprint density at radius 3 is 2.78 bits per heavy atom. The predicted molar refractivity (Wildman–Crippen MR) is 75.9 cm³/mol. The molecule has 3 nitrogen and oxygen atoms in total. The first-order valence-corrected chi connectivity index (χ1v) is 7.60. The molecule has 4 heteroatoms. The standard InChI is InChI=1S/C14H24ClN3/c1-3-9-18-14(12(15)10-17-18)13(16-4-2)11-7-5-6-8-11/h10-11,13,16H,3-9H2,1-2H3. The Morgan fingerprint density at radius 2 is 2.17 bits per heavy atom. The molecule has 1 fully saturated rings. The Bertz CT molecular complexity index is 369. The fourth-order valence-electron chi connectivity index (χ4n) is 3.07. The number of hydrogen-bond acceptors (Lipinski definition) is 2. The minimum atomic E-state index is 0.374. The lowest BCUT2D eigenvalue weighted by atomic mass is 9.95. The Labute approximate surface area is 115 Å². The topological polar surface area (TPSA) is 29.9 Å². The van der Waals surface area contributed by atoms with Gasteiger partial charge >= 0.3 is 0 Å². The second kappa shape index (κ2) is 6.58. The molecule has 18 heavy (non-hydrogen) atoms. The van der Waals surface area contributed by atoms with Gasteiger partial charge in [0.25, 0.3) is 0 Å². The first kappa shape index (κ1) is 13.9. The van der Waals surface area contributed by atoms with E-state index in [0.29, 0.717) is 6.04 Å². The van der Waals surface area contributed by atoms with E-state index in [1.54, 1.807) is 6.20 Å². The Morgan fingerprint density at radius 1 is 1.44 bits per heavy atom. The number of hydrogen-bond donors (Lipinski definition) is 1. The minimum Gasteiger partial charge on any atom is -0.309 e. The van der Waals surface area contributed by atoms with E-state index in [4.69, 9.17) is 11.6 Å². The third-order valence-corrected chi connectivity index (χ3v) is 4.15. The molecule has 1 aliphatic carbocycles. The fraction of sp³-hybridized carbons (Fsp3) is 0.786. The van der Waals surface area contributed by atoms with Crippen LogP contribution < -0.4 is 5.32 Å². The molecule has 1 heterocycles. The number of nitrogens with one attached hydrogen (secondary N) is 1. The summed E-state index contributed by atoms with van der Waals surface area (Å²) >= 11 is 6.37. The summed E-state index contributed by atoms with van der Waals surface area (Å²) in [6, 6.07) is 0.374. The van der Waals surface area contributed by atoms with Crippen molar-refractivity contribution in [1.29, 1.82) is 0 Å². The van der Waals surface area contributed by atoms with Gasteiger partial charge in [-0.25, -0.2) is 0 Å². The Balaban J connectivity index is 2.25. The summed E-state index contributed by atoms with van der Waals surface area (Å²) in [4.78, 5) is 0. The van der Waals surface area contributed by atoms with Crippen LogP contribution in [0.25, 0.3) is 0 Å². The molecule has 1 atom stereocenters. The largest absolute Gasteiger partial charge is 0.309 e. The number of nitrogens with zero attached hydrogens (tertiary/aromatic N) is 2. The van der Waals surface area contributed by atoms with Gasteiger partial charge in [-0.3, -0.25) is 4.68 Å². The first-order valence-electron chi connectivity index (χ1n) is 7.22. The quantitative estimate of drug-likeness (QED) is 0.852. The SMILES string of the molecule is CCCn1ncc(Cl)c1C(NCC)C1CCCC1. The Hall–Kier alpha value is -0.540. The molecular formula is C14H24ClN3. The smallest absolute Gasteiger partial charge is 0.0834 e. The molecule has 2 rings (SSSR count). The zero-order valence-electron chi connectivity index (χ0n) is 11.5. The summed E-state index contributed by atoms with van der Waals surface area (Å²) in [6.45, 7) is 6.28. The summed E-state index contributed by atoms with van der Waals surface area (Å²) < 4.78 is 2.09. The van der Waals surface area contributed by atoms with Crippen LogP contribution in [0.1, 0.15) is 57.7 Å². The second-order valence-corrected chi connectivity index (χ2v) is 5.59. The Kier molecular flexibility index (Phi) is 5.07. The predicted octanol–water partition coefficient (Wildman–Crippen LogP) is 3.79. The van der Waals surface area contributed by atoms with Crippen LogP contribution in [0.3, 0.4) is 0 Å². The molecule has 1 saturated carbocycles. The zero-order chi connectivity index (χ0) is 13.0. The van der Waals surface area contributed by atoms with Crippen molar-refractivity contribution in [2.75, 3.05) is 6.54 Å². The first-order chi connectivity index (χ1) is 8.77. The van der Waals surface area contributed by atoms with Gasteiger partial charge in [-0.15, -0.1) is 0 Å². The van der Waals surface area contributed by atoms with Gasteiger partial charge in [0.1, 0.15) is 0 Å². The van der Waals surface area contributed by atoms with Crippen LogP contribution in [0.2, 0.25) is 5.02 Å². The highest BCUT2D eigenvalue weighted by atomic mass is 35.5. The summed E-state index contributed by atoms with van der Waals surface area (Å²) in [7, 11) is 0. The van der Waals surface area contributed by atoms with Crippen molar-refractivity contribution in [2.45, 2.75) is 58.5 Å². The van der Waals surface area contributed by atoms with Gasteiger partial charge in [-0.05, 0) is 31.7 Å². The van der Waals surface area contributed by atoms with E-state index in [1.165, 1.54) is 31.4 Å². The molecule has 1 aromatic rings. The third-order valence-electron chi connectivity index (χ3n) is 3.86. The van der Waals surface area contributed by atoms with E-state index in [-0.39, 0.29) is 0 Å². The van der Waals surface area contributed by atoms with Crippen LogP contribution in [0.4, 0.5) is 0 Å². The lowest BCUT2D eigenvalue weighted by molar-refractivity contribution is 0.350. The van der Waals surface area contributed by atoms with Gasteiger partial charge in [0.05, 0.1) is 23.0 Å². The molecular weight excluding hydrogens is 246 g/mol. The monoisotopic (exact) mass is 269 g/mol. The highest BCUT2D eigenvalue weighted by Crippen LogP contribution is 2.38. The molecule has 0 amide bonds. The second-order valence-electron chi connectivity index (χ2n) is 5.18. The van der Waals surface area contributed by atoms with Crippen LogP contribution in [0.5, 0.6) is 0 Å². The molecule has 102 valence electrons. The third kappa shape index (κ3) is 2.89. The average molecular weight is 270 g/mol. The van der Waals surface area contributed by atoms with Crippen LogP contribution in [-0.2, 0) is 6.54 Å². The van der Waals surface area contributed by atoms with Crippen molar-refractivity contribution >= 4 is 11.6 Å². The fourth-order valence-corrected chi connectivity index (χ4v) is 3.33. The lowest BCUT2D eigenvalue weighted by Crippen LogP contribution is -2.29. The minimum absolute atomic E-state index is 0.374. The average Bonchev–Trinajstić information content (AvgIpc) is 2.98. The molecule has 0 spiro atoms. The maximum atomic E-state index is 6.37. The molecule has 1 aliphatic rings. The molecule has 0 aliphatic heterocycles. The normalized spacial score (nSPS) is 18.4. The van der Waals surface area contributed by atoms with Gasteiger partial charge < -0.3 is 5.32 Å². The summed E-state index contributed by atoms with van der Waals surface area (Å²) in [6.07, 6.45) is 8.22. The van der Waals surface area contributed by atoms with Gasteiger partial charge in [0.2, 0.25) is 0 Å². The van der Waals surface area contributed by atoms with E-state index >= 15 is 0 Å². The van der Waals surface area contributed by atoms with Crippen molar-refractivity contribution < 1.29 is 0 Å². The highest BCUT2D eigenvalue weighted by molar-refractivity contribution is 6.31. The van der Waals surface area contributed by atoms with Crippen LogP contribution in [-0.4, -0.2) is 16.3 Å². The molecule has 1 aromatic heterocycles. The summed E-state index contributed by atoms with van der Waals surface area (Å²) in [5, 5.41) is 8.87. The van der Waals surface area contributed by atoms with Crippen LogP contribution in [0, 0.1) is 5.92 Å². The molecule has 0 bridgehead atoms. The summed E-state index contributed by atoms with van der Waals surface area (Å²) in [5.74, 6) is 0.717. The van der Waals surface area contributed by atoms with Crippen LogP contribution in [0.15, 0.2) is 6.20 Å². The molecule has 1 N–H and O–H groups in total. The number of aromatic nitrogens is 2. The van der Waals surface area contributed by atoms with Crippen LogP contribution >= 0.6 is 11.6 Å². The number of halogens is 1. The maximum Gasteiger partial charge on any atom is 0.0834 e. The maximum absolute atomic E-state index is 6.37. The van der Waals surface area contributed by atoms with Gasteiger partial charge in [0.15, 0.2) is 0 Å². The van der Waals surface area contributed by atoms with E-state index in [2.05, 4.69) is 28.9 Å². The van der Waals surface area contributed by atoms with Crippen molar-refractivity contribution in [3.05, 3.63) is 16.9 Å². The van der Waals surface area contributed by atoms with Crippen molar-refractivity contribution in [3.8, 4) is 0 Å². The molecule has 1 unspecified atom stereocenters. The molecule has 0 aromatic carbocycles. The van der Waals surface area contributed by atoms with Crippen molar-refractivity contribution in [1.82, 2.24) is 15.1 Å². The molecule has 0 radical (unpaired) electrons. The van der Waals surface area contributed by atoms with Gasteiger partial charge in [-0.1, -0.05) is 38.3 Å². The lowest BCUT2D eigenvalue weighted by Gasteiger charge is -2.25. The van der Waals surface area contributed by atoms with E-state index in [9.17, 15) is 0 Å². The van der Waals surface area contributed by atoms with Crippen molar-refractivity contribution in [3.63, 3.8) is 0 Å². The van der Waals surface area contributed by atoms with Gasteiger partial charge in [-0.2, -0.15) is 5.10 Å².